The Morgan fingerprint density at radius 3 is 2.24 bits per heavy atom. The number of para-hydroxylation sites is 1. The van der Waals surface area contributed by atoms with Crippen LogP contribution in [0.2, 0.25) is 0 Å². The largest absolute Gasteiger partial charge is 0.473 e. The van der Waals surface area contributed by atoms with Crippen molar-refractivity contribution in [1.29, 1.82) is 0 Å². The van der Waals surface area contributed by atoms with Crippen molar-refractivity contribution in [3.05, 3.63) is 102 Å². The molecule has 5 aromatic rings. The molecule has 3 heterocycles. The van der Waals surface area contributed by atoms with Crippen LogP contribution in [-0.2, 0) is 25.0 Å². The van der Waals surface area contributed by atoms with E-state index >= 15 is 0 Å². The van der Waals surface area contributed by atoms with Crippen molar-refractivity contribution >= 4 is 22.7 Å². The van der Waals surface area contributed by atoms with Gasteiger partial charge in [-0.3, -0.25) is 4.68 Å². The third kappa shape index (κ3) is 7.27. The Bertz CT molecular complexity index is 1950. The lowest BCUT2D eigenvalue weighted by Crippen LogP contribution is -2.62. The number of ether oxygens (including phenoxy) is 3. The molecule has 7 rings (SSSR count). The quantitative estimate of drug-likeness (QED) is 0.168. The van der Waals surface area contributed by atoms with E-state index in [-0.39, 0.29) is 11.5 Å². The number of hydrogen-bond donors (Lipinski definition) is 1. The topological polar surface area (TPSA) is 90.7 Å². The summed E-state index contributed by atoms with van der Waals surface area (Å²) >= 11 is 0. The number of aromatic nitrogens is 3. The number of nitrogens with one attached hydrogen (secondary N) is 1. The molecule has 1 aliphatic heterocycles. The molecule has 1 aliphatic carbocycles. The zero-order chi connectivity index (χ0) is 34.9. The minimum absolute atomic E-state index is 0.181. The molecule has 1 spiro atoms. The predicted molar refractivity (Wildman–Crippen MR) is 196 cm³/mol. The van der Waals surface area contributed by atoms with Gasteiger partial charge in [-0.25, -0.2) is 4.79 Å². The van der Waals surface area contributed by atoms with Gasteiger partial charge in [0, 0.05) is 43.0 Å². The second-order valence-electron chi connectivity index (χ2n) is 15.0. The van der Waals surface area contributed by atoms with Gasteiger partial charge in [0.25, 0.3) is 0 Å². The molecule has 1 amide bonds. The molecule has 2 atom stereocenters. The molecule has 2 aromatic heterocycles. The minimum Gasteiger partial charge on any atom is -0.473 e. The number of pyridine rings is 1. The van der Waals surface area contributed by atoms with Crippen LogP contribution in [0.1, 0.15) is 58.1 Å². The van der Waals surface area contributed by atoms with Crippen molar-refractivity contribution in [3.8, 4) is 23.0 Å². The van der Waals surface area contributed by atoms with Gasteiger partial charge in [-0.05, 0) is 69.2 Å². The summed E-state index contributed by atoms with van der Waals surface area (Å²) < 4.78 is 20.0. The summed E-state index contributed by atoms with van der Waals surface area (Å²) in [6.07, 6.45) is 2.99. The summed E-state index contributed by atoms with van der Waals surface area (Å²) in [5.41, 5.74) is 5.54. The van der Waals surface area contributed by atoms with Gasteiger partial charge in [-0.1, -0.05) is 79.7 Å². The first kappa shape index (κ1) is 33.4. The second kappa shape index (κ2) is 13.7. The number of aryl methyl sites for hydroxylation is 1. The third-order valence-corrected chi connectivity index (χ3v) is 9.88. The Balaban J connectivity index is 1.10. The molecule has 1 saturated carbocycles. The van der Waals surface area contributed by atoms with Crippen molar-refractivity contribution in [2.45, 2.75) is 71.8 Å². The van der Waals surface area contributed by atoms with Gasteiger partial charge in [-0.2, -0.15) is 10.1 Å². The molecular weight excluding hydrogens is 626 g/mol. The monoisotopic (exact) mass is 673 g/mol. The van der Waals surface area contributed by atoms with Crippen LogP contribution in [0.25, 0.3) is 22.2 Å². The SMILES string of the molecule is C[C@@H]1CC2(CC[C@@H]1Nc1cccc3c(-c4ccc(OCc5ccccc5)nc4OCc4ccccc4)nn(C)c13)CN(C(=O)OC(C)(C)C)C2. The molecule has 0 unspecified atom stereocenters. The summed E-state index contributed by atoms with van der Waals surface area (Å²) in [6.45, 7) is 10.4. The lowest BCUT2D eigenvalue weighted by atomic mass is 9.64. The maximum Gasteiger partial charge on any atom is 0.410 e. The fourth-order valence-electron chi connectivity index (χ4n) is 7.50. The van der Waals surface area contributed by atoms with E-state index < -0.39 is 5.60 Å². The molecule has 9 nitrogen and oxygen atoms in total. The summed E-state index contributed by atoms with van der Waals surface area (Å²) in [6, 6.07) is 30.7. The van der Waals surface area contributed by atoms with Crippen LogP contribution in [0.15, 0.2) is 91.0 Å². The first-order valence-corrected chi connectivity index (χ1v) is 17.6. The highest BCUT2D eigenvalue weighted by atomic mass is 16.6. The number of nitrogens with zero attached hydrogens (tertiary/aromatic N) is 4. The molecule has 260 valence electrons. The molecular formula is C41H47N5O4. The second-order valence-corrected chi connectivity index (χ2v) is 15.0. The summed E-state index contributed by atoms with van der Waals surface area (Å²) in [4.78, 5) is 19.3. The maximum absolute atomic E-state index is 12.6. The molecule has 2 aliphatic rings. The number of likely N-dealkylation sites (tertiary alicyclic amines) is 1. The van der Waals surface area contributed by atoms with E-state index in [1.54, 1.807) is 0 Å². The Labute approximate surface area is 294 Å². The Morgan fingerprint density at radius 1 is 0.900 bits per heavy atom. The summed E-state index contributed by atoms with van der Waals surface area (Å²) in [7, 11) is 1.99. The van der Waals surface area contributed by atoms with E-state index in [1.807, 2.05) is 110 Å². The van der Waals surface area contributed by atoms with E-state index in [2.05, 4.69) is 30.4 Å². The van der Waals surface area contributed by atoms with E-state index in [9.17, 15) is 4.79 Å². The molecule has 50 heavy (non-hydrogen) atoms. The molecule has 0 radical (unpaired) electrons. The Morgan fingerprint density at radius 2 is 1.58 bits per heavy atom. The van der Waals surface area contributed by atoms with Crippen LogP contribution in [-0.4, -0.2) is 50.5 Å². The van der Waals surface area contributed by atoms with E-state index in [0.29, 0.717) is 36.9 Å². The number of hydrogen-bond acceptors (Lipinski definition) is 7. The van der Waals surface area contributed by atoms with Gasteiger partial charge in [0.1, 0.15) is 24.5 Å². The Kier molecular flexibility index (Phi) is 9.16. The number of carbonyl (C=O) groups excluding carboxylic acids is 1. The highest BCUT2D eigenvalue weighted by Gasteiger charge is 2.50. The van der Waals surface area contributed by atoms with Gasteiger partial charge in [-0.15, -0.1) is 0 Å². The van der Waals surface area contributed by atoms with Crippen molar-refractivity contribution in [2.75, 3.05) is 18.4 Å². The molecule has 1 saturated heterocycles. The average molecular weight is 674 g/mol. The zero-order valence-electron chi connectivity index (χ0n) is 29.7. The predicted octanol–water partition coefficient (Wildman–Crippen LogP) is 8.63. The standard InChI is InChI=1S/C41H47N5O4/c1-28-23-41(26-46(27-41)39(47)50-40(2,3)4)22-21-33(28)42-34-18-12-17-31-36(44-45(5)37(31)34)32-19-20-35(48-24-29-13-8-6-9-14-29)43-38(32)49-25-30-15-10-7-11-16-30/h6-20,28,33,42H,21-27H2,1-5H3/t28-,33+/m1/s1. The van der Waals surface area contributed by atoms with E-state index in [1.165, 1.54) is 0 Å². The number of carbonyl (C=O) groups is 1. The van der Waals surface area contributed by atoms with Crippen molar-refractivity contribution in [2.24, 2.45) is 18.4 Å². The van der Waals surface area contributed by atoms with E-state index in [0.717, 1.165) is 71.3 Å². The van der Waals surface area contributed by atoms with Gasteiger partial charge in [0.2, 0.25) is 11.8 Å². The van der Waals surface area contributed by atoms with Crippen LogP contribution < -0.4 is 14.8 Å². The van der Waals surface area contributed by atoms with Gasteiger partial charge in [0.15, 0.2) is 0 Å². The Hall–Kier alpha value is -5.05. The van der Waals surface area contributed by atoms with Crippen LogP contribution in [0.3, 0.4) is 0 Å². The zero-order valence-corrected chi connectivity index (χ0v) is 29.7. The van der Waals surface area contributed by atoms with Gasteiger partial charge < -0.3 is 24.4 Å². The molecule has 3 aromatic carbocycles. The van der Waals surface area contributed by atoms with Gasteiger partial charge >= 0.3 is 6.09 Å². The number of anilines is 1. The molecule has 2 fully saturated rings. The summed E-state index contributed by atoms with van der Waals surface area (Å²) in [5.74, 6) is 1.41. The van der Waals surface area contributed by atoms with Crippen molar-refractivity contribution in [1.82, 2.24) is 19.7 Å². The minimum atomic E-state index is -0.477. The first-order chi connectivity index (χ1) is 24.1. The number of fused-ring (bicyclic) bond motifs is 1. The maximum atomic E-state index is 12.6. The smallest absolute Gasteiger partial charge is 0.410 e. The van der Waals surface area contributed by atoms with Gasteiger partial charge in [0.05, 0.1) is 16.8 Å². The third-order valence-electron chi connectivity index (χ3n) is 9.88. The molecule has 1 N–H and O–H groups in total. The van der Waals surface area contributed by atoms with Crippen LogP contribution >= 0.6 is 0 Å². The number of amides is 1. The van der Waals surface area contributed by atoms with Crippen LogP contribution in [0.5, 0.6) is 11.8 Å². The average Bonchev–Trinajstić information content (AvgIpc) is 3.43. The number of rotatable bonds is 9. The fraction of sp³-hybridized carbons (Fsp3) is 0.390. The van der Waals surface area contributed by atoms with Crippen LogP contribution in [0.4, 0.5) is 10.5 Å². The molecule has 0 bridgehead atoms. The molecule has 9 heteroatoms. The van der Waals surface area contributed by atoms with Crippen molar-refractivity contribution < 1.29 is 19.0 Å². The highest BCUT2D eigenvalue weighted by molar-refractivity contribution is 6.00. The lowest BCUT2D eigenvalue weighted by molar-refractivity contribution is -0.0580. The summed E-state index contributed by atoms with van der Waals surface area (Å²) in [5, 5.41) is 9.96. The first-order valence-electron chi connectivity index (χ1n) is 17.6. The van der Waals surface area contributed by atoms with Crippen molar-refractivity contribution in [3.63, 3.8) is 0 Å². The number of benzene rings is 3. The fourth-order valence-corrected chi connectivity index (χ4v) is 7.50. The normalized spacial score (nSPS) is 18.5. The highest BCUT2D eigenvalue weighted by Crippen LogP contribution is 2.47. The van der Waals surface area contributed by atoms with E-state index in [4.69, 9.17) is 24.3 Å². The van der Waals surface area contributed by atoms with Crippen LogP contribution in [0, 0.1) is 11.3 Å². The lowest BCUT2D eigenvalue weighted by Gasteiger charge is -2.55.